The van der Waals surface area contributed by atoms with Gasteiger partial charge in [-0.2, -0.15) is 4.98 Å². The highest BCUT2D eigenvalue weighted by atomic mass is 15.0. The second-order valence-electron chi connectivity index (χ2n) is 4.42. The second-order valence-corrected chi connectivity index (χ2v) is 4.42. The van der Waals surface area contributed by atoms with Crippen LogP contribution in [0.3, 0.4) is 0 Å². The minimum atomic E-state index is -0.0164. The van der Waals surface area contributed by atoms with Gasteiger partial charge in [0.05, 0.1) is 5.69 Å². The summed E-state index contributed by atoms with van der Waals surface area (Å²) in [5.41, 5.74) is 7.42. The fourth-order valence-corrected chi connectivity index (χ4v) is 1.53. The first-order valence-corrected chi connectivity index (χ1v) is 4.59. The minimum Gasteiger partial charge on any atom is -0.368 e. The summed E-state index contributed by atoms with van der Waals surface area (Å²) in [5.74, 6) is 0.324. The van der Waals surface area contributed by atoms with E-state index in [-0.39, 0.29) is 5.41 Å². The molecule has 2 heterocycles. The average molecular weight is 190 g/mol. The highest BCUT2D eigenvalue weighted by Gasteiger charge is 2.20. The van der Waals surface area contributed by atoms with E-state index < -0.39 is 0 Å². The topological polar surface area (TPSA) is 67.6 Å². The largest absolute Gasteiger partial charge is 0.368 e. The molecule has 2 aromatic heterocycles. The summed E-state index contributed by atoms with van der Waals surface area (Å²) in [5, 5.41) is 1.05. The highest BCUT2D eigenvalue weighted by Crippen LogP contribution is 2.27. The molecule has 3 N–H and O–H groups in total. The van der Waals surface area contributed by atoms with Crippen molar-refractivity contribution in [1.29, 1.82) is 0 Å². The maximum atomic E-state index is 5.64. The van der Waals surface area contributed by atoms with Gasteiger partial charge in [-0.05, 0) is 6.07 Å². The van der Waals surface area contributed by atoms with Gasteiger partial charge >= 0.3 is 0 Å². The summed E-state index contributed by atoms with van der Waals surface area (Å²) in [6, 6.07) is 1.98. The van der Waals surface area contributed by atoms with Crippen molar-refractivity contribution in [3.05, 3.63) is 18.0 Å². The zero-order valence-electron chi connectivity index (χ0n) is 8.63. The Morgan fingerprint density at radius 3 is 2.64 bits per heavy atom. The summed E-state index contributed by atoms with van der Waals surface area (Å²) in [6.45, 7) is 6.34. The van der Waals surface area contributed by atoms with Gasteiger partial charge in [-0.3, -0.25) is 0 Å². The van der Waals surface area contributed by atoms with Gasteiger partial charge in [0.1, 0.15) is 5.65 Å². The molecule has 2 aromatic rings. The van der Waals surface area contributed by atoms with E-state index in [0.29, 0.717) is 5.95 Å². The molecule has 14 heavy (non-hydrogen) atoms. The number of anilines is 1. The maximum absolute atomic E-state index is 5.64. The van der Waals surface area contributed by atoms with Crippen molar-refractivity contribution in [3.8, 4) is 0 Å². The first-order chi connectivity index (χ1) is 6.48. The number of rotatable bonds is 0. The number of nitrogens with one attached hydrogen (secondary N) is 1. The molecule has 74 valence electrons. The molecule has 0 amide bonds. The summed E-state index contributed by atoms with van der Waals surface area (Å²) in [4.78, 5) is 11.5. The van der Waals surface area contributed by atoms with Crippen LogP contribution < -0.4 is 5.73 Å². The van der Waals surface area contributed by atoms with Crippen LogP contribution in [0, 0.1) is 0 Å². The summed E-state index contributed by atoms with van der Waals surface area (Å²) >= 11 is 0. The van der Waals surface area contributed by atoms with Crippen LogP contribution in [0.5, 0.6) is 0 Å². The lowest BCUT2D eigenvalue weighted by Crippen LogP contribution is -2.15. The fraction of sp³-hybridized carbons (Fsp3) is 0.400. The van der Waals surface area contributed by atoms with Gasteiger partial charge in [0, 0.05) is 17.0 Å². The lowest BCUT2D eigenvalue weighted by Gasteiger charge is -2.18. The molecule has 0 spiro atoms. The molecule has 4 heteroatoms. The predicted octanol–water partition coefficient (Wildman–Crippen LogP) is 1.84. The van der Waals surface area contributed by atoms with Crippen LogP contribution >= 0.6 is 0 Å². The Hall–Kier alpha value is -1.58. The van der Waals surface area contributed by atoms with E-state index in [0.717, 1.165) is 16.7 Å². The number of nitrogen functional groups attached to an aromatic ring is 1. The van der Waals surface area contributed by atoms with Gasteiger partial charge in [-0.1, -0.05) is 20.8 Å². The standard InChI is InChI=1S/C10H14N4/c1-10(2,3)7-6-4-5-12-8(6)14-9(11)13-7/h4-5H,1-3H3,(H3,11,12,13,14). The smallest absolute Gasteiger partial charge is 0.222 e. The van der Waals surface area contributed by atoms with Crippen molar-refractivity contribution >= 4 is 17.0 Å². The third kappa shape index (κ3) is 1.32. The Balaban J connectivity index is 2.80. The molecule has 0 aliphatic carbocycles. The molecule has 0 aliphatic rings. The van der Waals surface area contributed by atoms with E-state index in [1.165, 1.54) is 0 Å². The number of hydrogen-bond acceptors (Lipinski definition) is 3. The normalized spacial score (nSPS) is 12.2. The quantitative estimate of drug-likeness (QED) is 0.666. The molecule has 4 nitrogen and oxygen atoms in total. The van der Waals surface area contributed by atoms with Gasteiger partial charge in [0.2, 0.25) is 5.95 Å². The molecule has 0 bridgehead atoms. The molecular formula is C10H14N4. The Morgan fingerprint density at radius 1 is 1.29 bits per heavy atom. The van der Waals surface area contributed by atoms with Gasteiger partial charge in [-0.25, -0.2) is 4.98 Å². The first-order valence-electron chi connectivity index (χ1n) is 4.59. The van der Waals surface area contributed by atoms with E-state index in [1.54, 1.807) is 0 Å². The fourth-order valence-electron chi connectivity index (χ4n) is 1.53. The van der Waals surface area contributed by atoms with Crippen LogP contribution in [0.25, 0.3) is 11.0 Å². The molecule has 0 aromatic carbocycles. The van der Waals surface area contributed by atoms with Crippen LogP contribution in [-0.4, -0.2) is 15.0 Å². The number of fused-ring (bicyclic) bond motifs is 1. The van der Waals surface area contributed by atoms with E-state index in [1.807, 2.05) is 12.3 Å². The van der Waals surface area contributed by atoms with Crippen molar-refractivity contribution in [2.75, 3.05) is 5.73 Å². The third-order valence-corrected chi connectivity index (χ3v) is 2.14. The molecule has 0 saturated heterocycles. The first kappa shape index (κ1) is 8.99. The molecule has 0 unspecified atom stereocenters. The van der Waals surface area contributed by atoms with Crippen molar-refractivity contribution in [1.82, 2.24) is 15.0 Å². The molecular weight excluding hydrogens is 176 g/mol. The predicted molar refractivity (Wildman–Crippen MR) is 57.0 cm³/mol. The SMILES string of the molecule is CC(C)(C)c1nc(N)nc2[nH]ccc12. The molecule has 0 fully saturated rings. The minimum absolute atomic E-state index is 0.0164. The number of hydrogen-bond donors (Lipinski definition) is 2. The summed E-state index contributed by atoms with van der Waals surface area (Å²) in [7, 11) is 0. The number of nitrogens with zero attached hydrogens (tertiary/aromatic N) is 2. The Labute approximate surface area is 82.6 Å². The van der Waals surface area contributed by atoms with Gasteiger partial charge < -0.3 is 10.7 Å². The Bertz CT molecular complexity index is 464. The van der Waals surface area contributed by atoms with Crippen LogP contribution in [0.15, 0.2) is 12.3 Å². The third-order valence-electron chi connectivity index (χ3n) is 2.14. The van der Waals surface area contributed by atoms with E-state index in [2.05, 4.69) is 35.7 Å². The van der Waals surface area contributed by atoms with Crippen molar-refractivity contribution in [3.63, 3.8) is 0 Å². The lowest BCUT2D eigenvalue weighted by atomic mass is 9.90. The second kappa shape index (κ2) is 2.70. The van der Waals surface area contributed by atoms with Crippen molar-refractivity contribution in [2.24, 2.45) is 0 Å². The van der Waals surface area contributed by atoms with Crippen molar-refractivity contribution < 1.29 is 0 Å². The lowest BCUT2D eigenvalue weighted by molar-refractivity contribution is 0.575. The van der Waals surface area contributed by atoms with Gasteiger partial charge in [0.25, 0.3) is 0 Å². The van der Waals surface area contributed by atoms with E-state index in [9.17, 15) is 0 Å². The average Bonchev–Trinajstić information content (AvgIpc) is 2.47. The van der Waals surface area contributed by atoms with Crippen LogP contribution in [0.2, 0.25) is 0 Å². The van der Waals surface area contributed by atoms with E-state index in [4.69, 9.17) is 5.73 Å². The zero-order chi connectivity index (χ0) is 10.3. The molecule has 0 aliphatic heterocycles. The molecule has 0 radical (unpaired) electrons. The van der Waals surface area contributed by atoms with Crippen LogP contribution in [0.4, 0.5) is 5.95 Å². The van der Waals surface area contributed by atoms with Crippen LogP contribution in [-0.2, 0) is 5.41 Å². The zero-order valence-corrected chi connectivity index (χ0v) is 8.63. The number of H-pyrrole nitrogens is 1. The van der Waals surface area contributed by atoms with Gasteiger partial charge in [-0.15, -0.1) is 0 Å². The highest BCUT2D eigenvalue weighted by molar-refractivity contribution is 5.79. The molecule has 0 saturated carbocycles. The Kier molecular flexibility index (Phi) is 1.74. The Morgan fingerprint density at radius 2 is 2.00 bits per heavy atom. The maximum Gasteiger partial charge on any atom is 0.222 e. The summed E-state index contributed by atoms with van der Waals surface area (Å²) in [6.07, 6.45) is 1.86. The van der Waals surface area contributed by atoms with E-state index >= 15 is 0 Å². The molecule has 2 rings (SSSR count). The number of nitrogens with two attached hydrogens (primary N) is 1. The van der Waals surface area contributed by atoms with Crippen LogP contribution in [0.1, 0.15) is 26.5 Å². The molecule has 0 atom stereocenters. The monoisotopic (exact) mass is 190 g/mol. The number of aromatic amines is 1. The van der Waals surface area contributed by atoms with Gasteiger partial charge in [0.15, 0.2) is 0 Å². The summed E-state index contributed by atoms with van der Waals surface area (Å²) < 4.78 is 0. The van der Waals surface area contributed by atoms with Crippen molar-refractivity contribution in [2.45, 2.75) is 26.2 Å². The number of aromatic nitrogens is 3.